The lowest BCUT2D eigenvalue weighted by Gasteiger charge is -2.40. The number of amides is 2. The van der Waals surface area contributed by atoms with Gasteiger partial charge in [0, 0.05) is 55.5 Å². The largest absolute Gasteiger partial charge is 0.465 e. The van der Waals surface area contributed by atoms with Crippen LogP contribution in [0.15, 0.2) is 29.0 Å². The van der Waals surface area contributed by atoms with Crippen LogP contribution in [0.2, 0.25) is 0 Å². The van der Waals surface area contributed by atoms with E-state index in [1.54, 1.807) is 16.9 Å². The molecule has 2 amide bonds. The van der Waals surface area contributed by atoms with Gasteiger partial charge in [-0.1, -0.05) is 15.9 Å². The summed E-state index contributed by atoms with van der Waals surface area (Å²) in [5, 5.41) is 16.2. The molecule has 2 heterocycles. The highest BCUT2D eigenvalue weighted by molar-refractivity contribution is 9.10. The number of hydrogen-bond acceptors (Lipinski definition) is 5. The van der Waals surface area contributed by atoms with Crippen molar-refractivity contribution in [2.45, 2.75) is 19.5 Å². The van der Waals surface area contributed by atoms with Crippen molar-refractivity contribution in [2.24, 2.45) is 7.05 Å². The molecule has 1 aliphatic heterocycles. The molecule has 1 saturated heterocycles. The number of nitrogens with two attached hydrogens (primary N) is 1. The Morgan fingerprint density at radius 2 is 2.14 bits per heavy atom. The van der Waals surface area contributed by atoms with Crippen molar-refractivity contribution in [1.82, 2.24) is 20.0 Å². The molecular weight excluding hydrogens is 428 g/mol. The van der Waals surface area contributed by atoms with Gasteiger partial charge in [-0.15, -0.1) is 0 Å². The number of nitrogen functional groups attached to an aromatic ring is 1. The van der Waals surface area contributed by atoms with Gasteiger partial charge >= 0.3 is 6.09 Å². The molecule has 0 spiro atoms. The Bertz CT molecular complexity index is 899. The van der Waals surface area contributed by atoms with Crippen LogP contribution >= 0.6 is 15.9 Å². The lowest BCUT2D eigenvalue weighted by Crippen LogP contribution is -2.53. The van der Waals surface area contributed by atoms with Gasteiger partial charge in [0.2, 0.25) is 0 Å². The molecule has 28 heavy (non-hydrogen) atoms. The van der Waals surface area contributed by atoms with Gasteiger partial charge in [-0.05, 0) is 19.1 Å². The third kappa shape index (κ3) is 4.22. The van der Waals surface area contributed by atoms with Crippen LogP contribution in [-0.4, -0.2) is 57.5 Å². The quantitative estimate of drug-likeness (QED) is 0.612. The predicted octanol–water partition coefficient (Wildman–Crippen LogP) is 1.88. The number of aromatic nitrogens is 2. The molecular formula is C18H23BrN6O3. The first-order valence-electron chi connectivity index (χ1n) is 8.85. The molecule has 0 bridgehead atoms. The number of carbonyl (C=O) groups is 2. The minimum atomic E-state index is -0.926. The Balaban J connectivity index is 1.78. The summed E-state index contributed by atoms with van der Waals surface area (Å²) in [4.78, 5) is 27.4. The van der Waals surface area contributed by atoms with Gasteiger partial charge in [0.1, 0.15) is 0 Å². The summed E-state index contributed by atoms with van der Waals surface area (Å²) < 4.78 is 2.40. The molecule has 4 N–H and O–H groups in total. The van der Waals surface area contributed by atoms with E-state index in [4.69, 9.17) is 5.73 Å². The zero-order valence-corrected chi connectivity index (χ0v) is 17.3. The van der Waals surface area contributed by atoms with Crippen LogP contribution in [-0.2, 0) is 13.6 Å². The Hall–Kier alpha value is -2.75. The molecule has 150 valence electrons. The monoisotopic (exact) mass is 450 g/mol. The lowest BCUT2D eigenvalue weighted by atomic mass is 10.1. The zero-order chi connectivity index (χ0) is 20.4. The van der Waals surface area contributed by atoms with Gasteiger partial charge in [0.25, 0.3) is 5.91 Å². The topological polar surface area (TPSA) is 117 Å². The SMILES string of the molecule is C[C@@H]1CN(c2cc(Br)cc(C(=O)NCc3cnn(C)c3)c2N)CCN1C(=O)O. The summed E-state index contributed by atoms with van der Waals surface area (Å²) in [6, 6.07) is 3.37. The molecule has 9 nitrogen and oxygen atoms in total. The second-order valence-electron chi connectivity index (χ2n) is 6.86. The van der Waals surface area contributed by atoms with Crippen molar-refractivity contribution in [1.29, 1.82) is 0 Å². The molecule has 1 fully saturated rings. The molecule has 0 aliphatic carbocycles. The molecule has 1 aromatic carbocycles. The van der Waals surface area contributed by atoms with Crippen molar-refractivity contribution in [3.8, 4) is 0 Å². The van der Waals surface area contributed by atoms with Crippen LogP contribution in [0.1, 0.15) is 22.8 Å². The molecule has 2 aromatic rings. The van der Waals surface area contributed by atoms with Crippen LogP contribution in [0, 0.1) is 0 Å². The summed E-state index contributed by atoms with van der Waals surface area (Å²) in [5.74, 6) is -0.277. The van der Waals surface area contributed by atoms with E-state index < -0.39 is 6.09 Å². The third-order valence-corrected chi connectivity index (χ3v) is 5.25. The number of nitrogens with one attached hydrogen (secondary N) is 1. The average molecular weight is 451 g/mol. The number of piperazine rings is 1. The number of aryl methyl sites for hydroxylation is 1. The van der Waals surface area contributed by atoms with E-state index in [2.05, 4.69) is 26.3 Å². The first-order chi connectivity index (χ1) is 13.3. The fraction of sp³-hybridized carbons (Fsp3) is 0.389. The van der Waals surface area contributed by atoms with Crippen molar-refractivity contribution in [3.63, 3.8) is 0 Å². The van der Waals surface area contributed by atoms with E-state index >= 15 is 0 Å². The third-order valence-electron chi connectivity index (χ3n) is 4.79. The van der Waals surface area contributed by atoms with E-state index in [9.17, 15) is 14.7 Å². The highest BCUT2D eigenvalue weighted by atomic mass is 79.9. The van der Waals surface area contributed by atoms with Crippen LogP contribution in [0.25, 0.3) is 0 Å². The fourth-order valence-corrected chi connectivity index (χ4v) is 3.80. The van der Waals surface area contributed by atoms with Gasteiger partial charge < -0.3 is 26.0 Å². The first kappa shape index (κ1) is 20.0. The van der Waals surface area contributed by atoms with Crippen LogP contribution in [0.5, 0.6) is 0 Å². The highest BCUT2D eigenvalue weighted by Crippen LogP contribution is 2.32. The van der Waals surface area contributed by atoms with E-state index in [1.165, 1.54) is 4.90 Å². The smallest absolute Gasteiger partial charge is 0.407 e. The summed E-state index contributed by atoms with van der Waals surface area (Å²) >= 11 is 3.45. The molecule has 0 saturated carbocycles. The van der Waals surface area contributed by atoms with Crippen molar-refractivity contribution >= 4 is 39.3 Å². The number of halogens is 1. The predicted molar refractivity (Wildman–Crippen MR) is 109 cm³/mol. The maximum absolute atomic E-state index is 12.7. The standard InChI is InChI=1S/C18H23BrN6O3/c1-11-9-24(3-4-25(11)18(27)28)15-6-13(19)5-14(16(15)20)17(26)21-7-12-8-22-23(2)10-12/h5-6,8,10-11H,3-4,7,9,20H2,1-2H3,(H,21,26)(H,27,28)/t11-/m1/s1. The molecule has 3 rings (SSSR count). The molecule has 0 radical (unpaired) electrons. The van der Waals surface area contributed by atoms with Crippen LogP contribution in [0.3, 0.4) is 0 Å². The minimum absolute atomic E-state index is 0.174. The van der Waals surface area contributed by atoms with E-state index in [0.29, 0.717) is 37.4 Å². The number of carbonyl (C=O) groups excluding carboxylic acids is 1. The molecule has 0 unspecified atom stereocenters. The van der Waals surface area contributed by atoms with Crippen molar-refractivity contribution in [3.05, 3.63) is 40.1 Å². The summed E-state index contributed by atoms with van der Waals surface area (Å²) in [6.45, 7) is 3.60. The zero-order valence-electron chi connectivity index (χ0n) is 15.7. The van der Waals surface area contributed by atoms with Crippen molar-refractivity contribution < 1.29 is 14.7 Å². The fourth-order valence-electron chi connectivity index (χ4n) is 3.35. The number of rotatable bonds is 4. The Kier molecular flexibility index (Phi) is 5.78. The first-order valence-corrected chi connectivity index (χ1v) is 9.64. The second kappa shape index (κ2) is 8.09. The maximum atomic E-state index is 12.7. The average Bonchev–Trinajstić information content (AvgIpc) is 3.06. The second-order valence-corrected chi connectivity index (χ2v) is 7.78. The van der Waals surface area contributed by atoms with Crippen LogP contribution in [0.4, 0.5) is 16.2 Å². The van der Waals surface area contributed by atoms with E-state index in [-0.39, 0.29) is 11.9 Å². The van der Waals surface area contributed by atoms with Gasteiger partial charge in [0.15, 0.2) is 0 Å². The highest BCUT2D eigenvalue weighted by Gasteiger charge is 2.29. The number of anilines is 2. The van der Waals surface area contributed by atoms with Crippen molar-refractivity contribution in [2.75, 3.05) is 30.3 Å². The number of hydrogen-bond donors (Lipinski definition) is 3. The van der Waals surface area contributed by atoms with Crippen LogP contribution < -0.4 is 16.0 Å². The lowest BCUT2D eigenvalue weighted by molar-refractivity contribution is 0.0951. The molecule has 10 heteroatoms. The normalized spacial score (nSPS) is 16.9. The van der Waals surface area contributed by atoms with Gasteiger partial charge in [-0.3, -0.25) is 9.48 Å². The van der Waals surface area contributed by atoms with Gasteiger partial charge in [0.05, 0.1) is 23.1 Å². The van der Waals surface area contributed by atoms with Gasteiger partial charge in [-0.2, -0.15) is 5.10 Å². The summed E-state index contributed by atoms with van der Waals surface area (Å²) in [6.07, 6.45) is 2.60. The number of nitrogens with zero attached hydrogens (tertiary/aromatic N) is 4. The summed E-state index contributed by atoms with van der Waals surface area (Å²) in [7, 11) is 1.81. The number of benzene rings is 1. The minimum Gasteiger partial charge on any atom is -0.465 e. The maximum Gasteiger partial charge on any atom is 0.407 e. The van der Waals surface area contributed by atoms with E-state index in [1.807, 2.05) is 31.1 Å². The molecule has 1 aromatic heterocycles. The summed E-state index contributed by atoms with van der Waals surface area (Å²) in [5.41, 5.74) is 8.69. The Labute approximate surface area is 171 Å². The molecule has 1 atom stereocenters. The Morgan fingerprint density at radius 1 is 1.39 bits per heavy atom. The number of carboxylic acid groups (broad SMARTS) is 1. The molecule has 1 aliphatic rings. The van der Waals surface area contributed by atoms with Gasteiger partial charge in [-0.25, -0.2) is 4.79 Å². The van der Waals surface area contributed by atoms with E-state index in [0.717, 1.165) is 15.7 Å². The Morgan fingerprint density at radius 3 is 2.75 bits per heavy atom.